The van der Waals surface area contributed by atoms with Gasteiger partial charge in [0.15, 0.2) is 0 Å². The molecule has 0 spiro atoms. The highest BCUT2D eigenvalue weighted by Gasteiger charge is 2.39. The molecule has 1 aliphatic rings. The molecule has 4 rings (SSSR count). The molecule has 0 amide bonds. The minimum absolute atomic E-state index is 0.0822. The van der Waals surface area contributed by atoms with Crippen molar-refractivity contribution in [2.75, 3.05) is 33.8 Å². The summed E-state index contributed by atoms with van der Waals surface area (Å²) in [6.45, 7) is 2.42. The van der Waals surface area contributed by atoms with Gasteiger partial charge in [0, 0.05) is 13.6 Å². The van der Waals surface area contributed by atoms with E-state index in [1.54, 1.807) is 19.2 Å². The molecule has 0 radical (unpaired) electrons. The molecule has 1 N–H and O–H groups in total. The van der Waals surface area contributed by atoms with Gasteiger partial charge in [0.2, 0.25) is 10.0 Å². The number of likely N-dealkylation sites (tertiary alicyclic amines) is 1. The summed E-state index contributed by atoms with van der Waals surface area (Å²) in [5.74, 6) is -0.612. The highest BCUT2D eigenvalue weighted by atomic mass is 32.2. The average Bonchev–Trinajstić information content (AvgIpc) is 2.93. The first-order valence-electron chi connectivity index (χ1n) is 12.5. The summed E-state index contributed by atoms with van der Waals surface area (Å²) in [4.78, 5) is 14.7. The third kappa shape index (κ3) is 6.39. The first-order valence-corrected chi connectivity index (χ1v) is 13.9. The van der Waals surface area contributed by atoms with Crippen LogP contribution in [0, 0.1) is 5.92 Å². The maximum atomic E-state index is 13.4. The number of aliphatic carboxylic acids is 1. The van der Waals surface area contributed by atoms with E-state index in [0.717, 1.165) is 47.2 Å². The first-order chi connectivity index (χ1) is 17.8. The van der Waals surface area contributed by atoms with Crippen molar-refractivity contribution in [3.8, 4) is 16.9 Å². The molecule has 3 aromatic carbocycles. The van der Waals surface area contributed by atoms with Gasteiger partial charge in [0.05, 0.1) is 12.0 Å². The van der Waals surface area contributed by atoms with Crippen LogP contribution in [0.5, 0.6) is 5.75 Å². The number of carboxylic acids is 1. The van der Waals surface area contributed by atoms with Crippen LogP contribution in [0.15, 0.2) is 83.8 Å². The zero-order valence-corrected chi connectivity index (χ0v) is 22.1. The molecule has 1 unspecified atom stereocenters. The number of carboxylic acid groups (broad SMARTS) is 1. The van der Waals surface area contributed by atoms with Gasteiger partial charge in [-0.15, -0.1) is 0 Å². The number of ether oxygens (including phenoxy) is 1. The van der Waals surface area contributed by atoms with Crippen LogP contribution < -0.4 is 4.74 Å². The number of hydrogen-bond donors (Lipinski definition) is 1. The van der Waals surface area contributed by atoms with Crippen molar-refractivity contribution in [2.24, 2.45) is 5.92 Å². The zero-order valence-electron chi connectivity index (χ0n) is 21.3. The fraction of sp³-hybridized carbons (Fsp3) is 0.345. The second kappa shape index (κ2) is 11.9. The zero-order chi connectivity index (χ0) is 26.4. The van der Waals surface area contributed by atoms with Gasteiger partial charge in [-0.05, 0) is 79.2 Å². The van der Waals surface area contributed by atoms with Crippen molar-refractivity contribution in [1.29, 1.82) is 0 Å². The van der Waals surface area contributed by atoms with Crippen LogP contribution in [0.4, 0.5) is 0 Å². The molecular formula is C29H34N2O5S. The number of hydrogen-bond acceptors (Lipinski definition) is 5. The highest BCUT2D eigenvalue weighted by molar-refractivity contribution is 7.89. The summed E-state index contributed by atoms with van der Waals surface area (Å²) in [6, 6.07) is 23.2. The van der Waals surface area contributed by atoms with Gasteiger partial charge < -0.3 is 14.7 Å². The van der Waals surface area contributed by atoms with E-state index in [4.69, 9.17) is 4.74 Å². The Kier molecular flexibility index (Phi) is 8.63. The second-order valence-electron chi connectivity index (χ2n) is 9.47. The van der Waals surface area contributed by atoms with E-state index in [-0.39, 0.29) is 10.8 Å². The molecule has 0 saturated carbocycles. The molecule has 0 aliphatic carbocycles. The Morgan fingerprint density at radius 1 is 0.973 bits per heavy atom. The summed E-state index contributed by atoms with van der Waals surface area (Å²) in [6.07, 6.45) is 2.22. The topological polar surface area (TPSA) is 87.2 Å². The normalized spacial score (nSPS) is 16.0. The molecule has 1 atom stereocenters. The van der Waals surface area contributed by atoms with Crippen molar-refractivity contribution in [3.63, 3.8) is 0 Å². The third-order valence-electron chi connectivity index (χ3n) is 7.24. The maximum absolute atomic E-state index is 13.4. The van der Waals surface area contributed by atoms with Crippen molar-refractivity contribution in [1.82, 2.24) is 9.21 Å². The molecule has 1 aliphatic heterocycles. The van der Waals surface area contributed by atoms with Gasteiger partial charge in [-0.2, -0.15) is 4.31 Å². The molecule has 196 valence electrons. The standard InChI is InChI=1S/C29H34N2O5S/c1-30(37(34,35)27-14-10-24(11-15-27)23-8-12-26(36-2)13-9-23)28(29(32)33)25-17-20-31(21-18-25)19-16-22-6-4-3-5-7-22/h3-15,25,28H,16-21H2,1-2H3,(H,32,33). The summed E-state index contributed by atoms with van der Waals surface area (Å²) in [5.41, 5.74) is 3.07. The van der Waals surface area contributed by atoms with Crippen molar-refractivity contribution in [3.05, 3.63) is 84.4 Å². The number of nitrogens with zero attached hydrogens (tertiary/aromatic N) is 2. The lowest BCUT2D eigenvalue weighted by Gasteiger charge is -2.37. The monoisotopic (exact) mass is 522 g/mol. The molecule has 0 aromatic heterocycles. The quantitative estimate of drug-likeness (QED) is 0.425. The Balaban J connectivity index is 1.41. The van der Waals surface area contributed by atoms with E-state index in [0.29, 0.717) is 12.8 Å². The second-order valence-corrected chi connectivity index (χ2v) is 11.5. The Bertz CT molecular complexity index is 1270. The van der Waals surface area contributed by atoms with E-state index < -0.39 is 22.0 Å². The van der Waals surface area contributed by atoms with Gasteiger partial charge in [0.25, 0.3) is 0 Å². The van der Waals surface area contributed by atoms with Crippen LogP contribution in [0.2, 0.25) is 0 Å². The molecule has 1 heterocycles. The Morgan fingerprint density at radius 2 is 1.54 bits per heavy atom. The molecule has 8 heteroatoms. The minimum Gasteiger partial charge on any atom is -0.497 e. The Labute approximate surface area is 219 Å². The molecule has 0 bridgehead atoms. The summed E-state index contributed by atoms with van der Waals surface area (Å²) < 4.78 is 33.1. The number of methoxy groups -OCH3 is 1. The van der Waals surface area contributed by atoms with Crippen LogP contribution >= 0.6 is 0 Å². The predicted octanol–water partition coefficient (Wildman–Crippen LogP) is 4.39. The van der Waals surface area contributed by atoms with Gasteiger partial charge in [-0.3, -0.25) is 4.79 Å². The summed E-state index contributed by atoms with van der Waals surface area (Å²) >= 11 is 0. The molecule has 1 saturated heterocycles. The first kappa shape index (κ1) is 26.9. The molecule has 3 aromatic rings. The van der Waals surface area contributed by atoms with Gasteiger partial charge in [-0.25, -0.2) is 8.42 Å². The van der Waals surface area contributed by atoms with Crippen molar-refractivity contribution in [2.45, 2.75) is 30.2 Å². The highest BCUT2D eigenvalue weighted by Crippen LogP contribution is 2.29. The smallest absolute Gasteiger partial charge is 0.322 e. The van der Waals surface area contributed by atoms with Crippen LogP contribution in [-0.2, 0) is 21.2 Å². The summed E-state index contributed by atoms with van der Waals surface area (Å²) in [7, 11) is -0.999. The Hall–Kier alpha value is -3.20. The lowest BCUT2D eigenvalue weighted by molar-refractivity contribution is -0.143. The lowest BCUT2D eigenvalue weighted by atomic mass is 9.89. The van der Waals surface area contributed by atoms with Crippen LogP contribution in [0.1, 0.15) is 18.4 Å². The van der Waals surface area contributed by atoms with Gasteiger partial charge >= 0.3 is 5.97 Å². The lowest BCUT2D eigenvalue weighted by Crippen LogP contribution is -2.50. The summed E-state index contributed by atoms with van der Waals surface area (Å²) in [5, 5.41) is 10.0. The molecule has 1 fully saturated rings. The average molecular weight is 523 g/mol. The van der Waals surface area contributed by atoms with Crippen molar-refractivity contribution >= 4 is 16.0 Å². The van der Waals surface area contributed by atoms with Crippen LogP contribution in [0.25, 0.3) is 11.1 Å². The van der Waals surface area contributed by atoms with E-state index in [9.17, 15) is 18.3 Å². The number of sulfonamides is 1. The third-order valence-corrected chi connectivity index (χ3v) is 9.09. The number of rotatable bonds is 10. The minimum atomic E-state index is -3.98. The predicted molar refractivity (Wildman–Crippen MR) is 144 cm³/mol. The Morgan fingerprint density at radius 3 is 2.08 bits per heavy atom. The fourth-order valence-electron chi connectivity index (χ4n) is 5.00. The number of benzene rings is 3. The molecular weight excluding hydrogens is 488 g/mol. The number of piperidine rings is 1. The molecule has 7 nitrogen and oxygen atoms in total. The number of likely N-dealkylation sites (N-methyl/N-ethyl adjacent to an activating group) is 1. The van der Waals surface area contributed by atoms with Gasteiger partial charge in [-0.1, -0.05) is 54.6 Å². The van der Waals surface area contributed by atoms with Gasteiger partial charge in [0.1, 0.15) is 11.8 Å². The maximum Gasteiger partial charge on any atom is 0.322 e. The van der Waals surface area contributed by atoms with E-state index in [2.05, 4.69) is 17.0 Å². The van der Waals surface area contributed by atoms with E-state index in [1.165, 1.54) is 24.7 Å². The fourth-order valence-corrected chi connectivity index (χ4v) is 6.37. The largest absolute Gasteiger partial charge is 0.497 e. The van der Waals surface area contributed by atoms with Crippen LogP contribution in [0.3, 0.4) is 0 Å². The van der Waals surface area contributed by atoms with E-state index in [1.807, 2.05) is 42.5 Å². The van der Waals surface area contributed by atoms with Crippen LogP contribution in [-0.4, -0.2) is 68.5 Å². The van der Waals surface area contributed by atoms with E-state index >= 15 is 0 Å². The molecule has 37 heavy (non-hydrogen) atoms. The SMILES string of the molecule is COc1ccc(-c2ccc(S(=O)(=O)N(C)C(C(=O)O)C3CCN(CCc4ccccc4)CC3)cc2)cc1. The number of carbonyl (C=O) groups is 1. The van der Waals surface area contributed by atoms with Crippen molar-refractivity contribution < 1.29 is 23.1 Å².